The van der Waals surface area contributed by atoms with Gasteiger partial charge in [0.2, 0.25) is 11.7 Å². The topological polar surface area (TPSA) is 59.1 Å². The molecule has 0 bridgehead atoms. The van der Waals surface area contributed by atoms with Gasteiger partial charge in [0.1, 0.15) is 4.88 Å². The zero-order valence-corrected chi connectivity index (χ0v) is 17.4. The predicted molar refractivity (Wildman–Crippen MR) is 120 cm³/mol. The van der Waals surface area contributed by atoms with Crippen LogP contribution in [0.3, 0.4) is 0 Å². The van der Waals surface area contributed by atoms with Crippen molar-refractivity contribution >= 4 is 51.7 Å². The zero-order chi connectivity index (χ0) is 19.3. The summed E-state index contributed by atoms with van der Waals surface area (Å²) in [5.41, 5.74) is 2.09. The van der Waals surface area contributed by atoms with Crippen molar-refractivity contribution in [3.05, 3.63) is 71.1 Å². The largest absolute Gasteiger partial charge is 0.301 e. The van der Waals surface area contributed by atoms with Crippen LogP contribution in [0, 0.1) is 0 Å². The van der Waals surface area contributed by atoms with E-state index in [9.17, 15) is 9.59 Å². The van der Waals surface area contributed by atoms with Crippen LogP contribution in [-0.2, 0) is 4.79 Å². The van der Waals surface area contributed by atoms with E-state index < -0.39 is 0 Å². The molecular weight excluding hydrogens is 408 g/mol. The molecule has 1 unspecified atom stereocenters. The minimum atomic E-state index is -0.0833. The van der Waals surface area contributed by atoms with E-state index in [1.165, 1.54) is 11.3 Å². The maximum absolute atomic E-state index is 13.1. The van der Waals surface area contributed by atoms with E-state index in [1.54, 1.807) is 35.7 Å². The summed E-state index contributed by atoms with van der Waals surface area (Å²) in [6, 6.07) is 18.8. The number of rotatable bonds is 5. The number of carbonyl (C=O) groups excluding carboxylic acids is 2. The van der Waals surface area contributed by atoms with Gasteiger partial charge in [-0.15, -0.1) is 11.8 Å². The quantitative estimate of drug-likeness (QED) is 0.592. The van der Waals surface area contributed by atoms with Gasteiger partial charge in [-0.2, -0.15) is 11.8 Å². The van der Waals surface area contributed by atoms with Crippen LogP contribution in [0.2, 0.25) is 0 Å². The first-order valence-corrected chi connectivity index (χ1v) is 11.9. The third-order valence-electron chi connectivity index (χ3n) is 4.26. The molecule has 4 rings (SSSR count). The minimum Gasteiger partial charge on any atom is -0.301 e. The first kappa shape index (κ1) is 19.2. The molecule has 1 N–H and O–H groups in total. The van der Waals surface area contributed by atoms with Crippen molar-refractivity contribution in [3.8, 4) is 11.3 Å². The van der Waals surface area contributed by atoms with Crippen molar-refractivity contribution in [1.82, 2.24) is 4.98 Å². The number of nitrogens with one attached hydrogen (secondary N) is 1. The number of thiazole rings is 1. The Morgan fingerprint density at radius 1 is 0.964 bits per heavy atom. The number of thioether (sulfide) groups is 2. The third-order valence-corrected chi connectivity index (χ3v) is 7.98. The highest BCUT2D eigenvalue weighted by atomic mass is 32.2. The number of hydrogen-bond acceptors (Lipinski definition) is 6. The summed E-state index contributed by atoms with van der Waals surface area (Å²) in [5, 5.41) is 3.33. The lowest BCUT2D eigenvalue weighted by atomic mass is 10.1. The van der Waals surface area contributed by atoms with Crippen LogP contribution in [0.25, 0.3) is 11.3 Å². The van der Waals surface area contributed by atoms with Gasteiger partial charge < -0.3 is 5.32 Å². The van der Waals surface area contributed by atoms with E-state index in [2.05, 4.69) is 10.3 Å². The van der Waals surface area contributed by atoms with Crippen molar-refractivity contribution in [2.75, 3.05) is 22.6 Å². The Kier molecular flexibility index (Phi) is 6.14. The van der Waals surface area contributed by atoms with Crippen LogP contribution < -0.4 is 5.32 Å². The summed E-state index contributed by atoms with van der Waals surface area (Å²) < 4.78 is 0. The maximum atomic E-state index is 13.1. The van der Waals surface area contributed by atoms with Crippen LogP contribution in [0.5, 0.6) is 0 Å². The van der Waals surface area contributed by atoms with Gasteiger partial charge in [0.05, 0.1) is 10.9 Å². The minimum absolute atomic E-state index is 0.0377. The molecule has 1 aromatic heterocycles. The van der Waals surface area contributed by atoms with Gasteiger partial charge >= 0.3 is 0 Å². The van der Waals surface area contributed by atoms with Gasteiger partial charge in [-0.3, -0.25) is 9.59 Å². The van der Waals surface area contributed by atoms with Crippen LogP contribution in [0.1, 0.15) is 15.2 Å². The number of aromatic nitrogens is 1. The van der Waals surface area contributed by atoms with E-state index in [1.807, 2.05) is 48.5 Å². The molecular formula is C21H18N2O2S3. The standard InChI is InChI=1S/C21H18N2O2S3/c24-18(15-9-5-2-6-10-15)19-17(14-7-3-1-4-8-14)22-21(28-19)23-20(25)16-13-26-11-12-27-16/h1-10,16H,11-13H2,(H,22,23,25). The molecule has 28 heavy (non-hydrogen) atoms. The average molecular weight is 427 g/mol. The number of nitrogens with zero attached hydrogens (tertiary/aromatic N) is 1. The molecule has 0 saturated carbocycles. The summed E-state index contributed by atoms with van der Waals surface area (Å²) in [6.07, 6.45) is 0. The van der Waals surface area contributed by atoms with E-state index in [-0.39, 0.29) is 16.9 Å². The van der Waals surface area contributed by atoms with E-state index in [0.717, 1.165) is 22.8 Å². The lowest BCUT2D eigenvalue weighted by Gasteiger charge is -2.19. The Bertz CT molecular complexity index is 968. The van der Waals surface area contributed by atoms with Crippen molar-refractivity contribution in [2.45, 2.75) is 5.25 Å². The molecule has 0 aliphatic carbocycles. The van der Waals surface area contributed by atoms with Crippen molar-refractivity contribution in [3.63, 3.8) is 0 Å². The summed E-state index contributed by atoms with van der Waals surface area (Å²) in [6.45, 7) is 0. The Morgan fingerprint density at radius 3 is 2.36 bits per heavy atom. The summed E-state index contributed by atoms with van der Waals surface area (Å²) in [7, 11) is 0. The third kappa shape index (κ3) is 4.32. The number of carbonyl (C=O) groups is 2. The lowest BCUT2D eigenvalue weighted by molar-refractivity contribution is -0.115. The lowest BCUT2D eigenvalue weighted by Crippen LogP contribution is -2.30. The number of hydrogen-bond donors (Lipinski definition) is 1. The van der Waals surface area contributed by atoms with E-state index >= 15 is 0 Å². The highest BCUT2D eigenvalue weighted by Gasteiger charge is 2.25. The molecule has 7 heteroatoms. The Morgan fingerprint density at radius 2 is 1.68 bits per heavy atom. The van der Waals surface area contributed by atoms with Crippen molar-refractivity contribution in [2.24, 2.45) is 0 Å². The molecule has 1 aliphatic rings. The molecule has 2 aromatic carbocycles. The molecule has 1 fully saturated rings. The molecule has 142 valence electrons. The fraction of sp³-hybridized carbons (Fsp3) is 0.190. The average Bonchev–Trinajstić information content (AvgIpc) is 3.19. The molecule has 1 saturated heterocycles. The second kappa shape index (κ2) is 8.94. The summed E-state index contributed by atoms with van der Waals surface area (Å²) in [5.74, 6) is 2.75. The first-order chi connectivity index (χ1) is 13.7. The van der Waals surface area contributed by atoms with Crippen LogP contribution in [-0.4, -0.2) is 39.2 Å². The van der Waals surface area contributed by atoms with Crippen LogP contribution in [0.15, 0.2) is 60.7 Å². The molecule has 0 spiro atoms. The van der Waals surface area contributed by atoms with E-state index in [0.29, 0.717) is 21.3 Å². The van der Waals surface area contributed by atoms with Gasteiger partial charge in [-0.25, -0.2) is 4.98 Å². The van der Waals surface area contributed by atoms with Crippen molar-refractivity contribution in [1.29, 1.82) is 0 Å². The highest BCUT2D eigenvalue weighted by Crippen LogP contribution is 2.34. The second-order valence-corrected chi connectivity index (χ2v) is 9.64. The Labute approximate surface area is 176 Å². The molecule has 1 atom stereocenters. The zero-order valence-electron chi connectivity index (χ0n) is 15.0. The highest BCUT2D eigenvalue weighted by molar-refractivity contribution is 8.07. The van der Waals surface area contributed by atoms with Gasteiger partial charge in [-0.05, 0) is 0 Å². The van der Waals surface area contributed by atoms with Crippen molar-refractivity contribution < 1.29 is 9.59 Å². The normalized spacial score (nSPS) is 16.5. The molecule has 0 radical (unpaired) electrons. The fourth-order valence-electron chi connectivity index (χ4n) is 2.86. The van der Waals surface area contributed by atoms with Crippen LogP contribution in [0.4, 0.5) is 5.13 Å². The molecule has 2 heterocycles. The summed E-state index contributed by atoms with van der Waals surface area (Å²) in [4.78, 5) is 30.8. The number of benzene rings is 2. The summed E-state index contributed by atoms with van der Waals surface area (Å²) >= 11 is 4.72. The number of anilines is 1. The Balaban J connectivity index is 1.66. The van der Waals surface area contributed by atoms with Gasteiger partial charge in [0.15, 0.2) is 5.13 Å². The molecule has 1 amide bonds. The first-order valence-electron chi connectivity index (χ1n) is 8.88. The number of ketones is 1. The maximum Gasteiger partial charge on any atom is 0.240 e. The fourth-order valence-corrected chi connectivity index (χ4v) is 6.37. The van der Waals surface area contributed by atoms with E-state index in [4.69, 9.17) is 0 Å². The smallest absolute Gasteiger partial charge is 0.240 e. The van der Waals surface area contributed by atoms with Gasteiger partial charge in [0, 0.05) is 28.4 Å². The van der Waals surface area contributed by atoms with Gasteiger partial charge in [-0.1, -0.05) is 72.0 Å². The molecule has 1 aliphatic heterocycles. The number of amides is 1. The molecule has 3 aromatic rings. The second-order valence-electron chi connectivity index (χ2n) is 6.18. The molecule has 4 nitrogen and oxygen atoms in total. The SMILES string of the molecule is O=C(c1ccccc1)c1sc(NC(=O)C2CSCCS2)nc1-c1ccccc1. The Hall–Kier alpha value is -2.09. The van der Waals surface area contributed by atoms with Crippen LogP contribution >= 0.6 is 34.9 Å². The predicted octanol–water partition coefficient (Wildman–Crippen LogP) is 4.83. The monoisotopic (exact) mass is 426 g/mol. The van der Waals surface area contributed by atoms with Gasteiger partial charge in [0.25, 0.3) is 0 Å².